The molecule has 3 aromatic rings. The number of benzene rings is 3. The molecule has 0 aliphatic carbocycles. The molecule has 0 atom stereocenters. The number of carbonyl (C=O) groups excluding carboxylic acids is 1. The van der Waals surface area contributed by atoms with Crippen molar-refractivity contribution in [2.45, 2.75) is 4.90 Å². The molecule has 3 aromatic carbocycles. The third-order valence-electron chi connectivity index (χ3n) is 4.13. The fourth-order valence-corrected chi connectivity index (χ4v) is 4.03. The lowest BCUT2D eigenvalue weighted by Crippen LogP contribution is -2.14. The van der Waals surface area contributed by atoms with Crippen molar-refractivity contribution in [3.05, 3.63) is 88.4 Å². The molecule has 0 aromatic heterocycles. The lowest BCUT2D eigenvalue weighted by molar-refractivity contribution is -0.111. The van der Waals surface area contributed by atoms with Gasteiger partial charge in [-0.3, -0.25) is 9.52 Å². The molecular formula is C22H18Cl2N2O4S. The number of anilines is 2. The maximum absolute atomic E-state index is 12.7. The topological polar surface area (TPSA) is 84.5 Å². The normalized spacial score (nSPS) is 11.3. The molecule has 160 valence electrons. The Labute approximate surface area is 190 Å². The average Bonchev–Trinajstić information content (AvgIpc) is 2.74. The molecule has 2 N–H and O–H groups in total. The first-order chi connectivity index (χ1) is 14.8. The Kier molecular flexibility index (Phi) is 7.22. The van der Waals surface area contributed by atoms with E-state index in [4.69, 9.17) is 27.9 Å². The van der Waals surface area contributed by atoms with Crippen molar-refractivity contribution in [2.24, 2.45) is 0 Å². The predicted octanol–water partition coefficient (Wildman–Crippen LogP) is 5.45. The summed E-state index contributed by atoms with van der Waals surface area (Å²) in [5.74, 6) is 0.243. The summed E-state index contributed by atoms with van der Waals surface area (Å²) < 4.78 is 32.9. The van der Waals surface area contributed by atoms with Gasteiger partial charge in [-0.1, -0.05) is 41.4 Å². The molecule has 0 radical (unpaired) electrons. The quantitative estimate of drug-likeness (QED) is 0.443. The summed E-state index contributed by atoms with van der Waals surface area (Å²) in [6, 6.07) is 17.5. The monoisotopic (exact) mass is 476 g/mol. The zero-order chi connectivity index (χ0) is 22.4. The van der Waals surface area contributed by atoms with Crippen LogP contribution in [0.3, 0.4) is 0 Å². The molecule has 3 rings (SSSR count). The predicted molar refractivity (Wildman–Crippen MR) is 124 cm³/mol. The molecule has 0 bridgehead atoms. The van der Waals surface area contributed by atoms with Gasteiger partial charge in [0.15, 0.2) is 0 Å². The average molecular weight is 477 g/mol. The van der Waals surface area contributed by atoms with Crippen LogP contribution in [0.25, 0.3) is 6.08 Å². The summed E-state index contributed by atoms with van der Waals surface area (Å²) >= 11 is 12.0. The van der Waals surface area contributed by atoms with Gasteiger partial charge in [0.1, 0.15) is 5.75 Å². The highest BCUT2D eigenvalue weighted by Gasteiger charge is 2.17. The smallest absolute Gasteiger partial charge is 0.261 e. The number of halogens is 2. The van der Waals surface area contributed by atoms with Gasteiger partial charge in [0, 0.05) is 11.1 Å². The Morgan fingerprint density at radius 3 is 2.42 bits per heavy atom. The van der Waals surface area contributed by atoms with Crippen LogP contribution in [0.1, 0.15) is 5.56 Å². The maximum Gasteiger partial charge on any atom is 0.261 e. The molecular weight excluding hydrogens is 459 g/mol. The van der Waals surface area contributed by atoms with Crippen LogP contribution in [-0.2, 0) is 14.8 Å². The van der Waals surface area contributed by atoms with Gasteiger partial charge in [-0.15, -0.1) is 0 Å². The number of amides is 1. The van der Waals surface area contributed by atoms with E-state index in [2.05, 4.69) is 10.0 Å². The van der Waals surface area contributed by atoms with Crippen LogP contribution < -0.4 is 14.8 Å². The van der Waals surface area contributed by atoms with Crippen molar-refractivity contribution in [1.29, 1.82) is 0 Å². The lowest BCUT2D eigenvalue weighted by Gasteiger charge is -2.11. The van der Waals surface area contributed by atoms with Crippen LogP contribution in [0.5, 0.6) is 5.75 Å². The number of hydrogen-bond acceptors (Lipinski definition) is 4. The molecule has 6 nitrogen and oxygen atoms in total. The molecule has 0 saturated heterocycles. The van der Waals surface area contributed by atoms with E-state index in [0.29, 0.717) is 16.5 Å². The summed E-state index contributed by atoms with van der Waals surface area (Å²) in [6.45, 7) is 0. The first-order valence-corrected chi connectivity index (χ1v) is 11.2. The Hall–Kier alpha value is -3.00. The maximum atomic E-state index is 12.7. The fourth-order valence-electron chi connectivity index (χ4n) is 2.59. The third-order valence-corrected chi connectivity index (χ3v) is 6.07. The van der Waals surface area contributed by atoms with E-state index in [0.717, 1.165) is 5.56 Å². The SMILES string of the molecule is COc1ccc(C=CC(=O)Nc2cc(S(=O)(=O)Nc3cccc(Cl)c3)ccc2Cl)cc1. The summed E-state index contributed by atoms with van der Waals surface area (Å²) in [5.41, 5.74) is 1.28. The van der Waals surface area contributed by atoms with E-state index >= 15 is 0 Å². The van der Waals surface area contributed by atoms with Gasteiger partial charge in [0.2, 0.25) is 5.91 Å². The highest BCUT2D eigenvalue weighted by atomic mass is 35.5. The number of methoxy groups -OCH3 is 1. The summed E-state index contributed by atoms with van der Waals surface area (Å²) in [4.78, 5) is 12.2. The van der Waals surface area contributed by atoms with E-state index in [1.165, 1.54) is 30.3 Å². The number of carbonyl (C=O) groups is 1. The van der Waals surface area contributed by atoms with Gasteiger partial charge >= 0.3 is 0 Å². The standard InChI is InChI=1S/C22H18Cl2N2O4S/c1-30-18-8-5-15(6-9-18)7-12-22(27)25-21-14-19(10-11-20(21)24)31(28,29)26-17-4-2-3-16(23)13-17/h2-14,26H,1H3,(H,25,27). The van der Waals surface area contributed by atoms with Crippen molar-refractivity contribution < 1.29 is 17.9 Å². The van der Waals surface area contributed by atoms with Crippen molar-refractivity contribution >= 4 is 56.6 Å². The number of rotatable bonds is 7. The van der Waals surface area contributed by atoms with E-state index in [1.807, 2.05) is 0 Å². The van der Waals surface area contributed by atoms with Gasteiger partial charge in [-0.25, -0.2) is 8.42 Å². The summed E-state index contributed by atoms with van der Waals surface area (Å²) in [5, 5.41) is 3.19. The van der Waals surface area contributed by atoms with Gasteiger partial charge in [0.25, 0.3) is 10.0 Å². The molecule has 0 aliphatic heterocycles. The Morgan fingerprint density at radius 2 is 1.74 bits per heavy atom. The first kappa shape index (κ1) is 22.7. The molecule has 0 heterocycles. The molecule has 9 heteroatoms. The second-order valence-electron chi connectivity index (χ2n) is 6.35. The number of ether oxygens (including phenoxy) is 1. The minimum atomic E-state index is -3.92. The van der Waals surface area contributed by atoms with E-state index in [-0.39, 0.29) is 15.6 Å². The molecule has 1 amide bonds. The van der Waals surface area contributed by atoms with Crippen LogP contribution in [0.2, 0.25) is 10.0 Å². The minimum absolute atomic E-state index is 0.0636. The van der Waals surface area contributed by atoms with Crippen molar-refractivity contribution in [1.82, 2.24) is 0 Å². The Bertz CT molecular complexity index is 1230. The van der Waals surface area contributed by atoms with Crippen molar-refractivity contribution in [2.75, 3.05) is 17.1 Å². The zero-order valence-electron chi connectivity index (χ0n) is 16.3. The van der Waals surface area contributed by atoms with E-state index in [9.17, 15) is 13.2 Å². The molecule has 31 heavy (non-hydrogen) atoms. The van der Waals surface area contributed by atoms with Crippen molar-refractivity contribution in [3.63, 3.8) is 0 Å². The van der Waals surface area contributed by atoms with Crippen LogP contribution in [-0.4, -0.2) is 21.4 Å². The van der Waals surface area contributed by atoms with Gasteiger partial charge in [-0.05, 0) is 60.2 Å². The number of sulfonamides is 1. The minimum Gasteiger partial charge on any atom is -0.497 e. The Morgan fingerprint density at radius 1 is 1.00 bits per heavy atom. The van der Waals surface area contributed by atoms with Crippen molar-refractivity contribution in [3.8, 4) is 5.75 Å². The second kappa shape index (κ2) is 9.87. The fraction of sp³-hybridized carbons (Fsp3) is 0.0455. The number of nitrogens with one attached hydrogen (secondary N) is 2. The molecule has 0 aliphatic rings. The van der Waals surface area contributed by atoms with Gasteiger partial charge in [-0.2, -0.15) is 0 Å². The van der Waals surface area contributed by atoms with Gasteiger partial charge in [0.05, 0.1) is 28.4 Å². The van der Waals surface area contributed by atoms with E-state index < -0.39 is 15.9 Å². The van der Waals surface area contributed by atoms with Crippen LogP contribution in [0, 0.1) is 0 Å². The highest BCUT2D eigenvalue weighted by molar-refractivity contribution is 7.92. The Balaban J connectivity index is 1.75. The van der Waals surface area contributed by atoms with Crippen LogP contribution in [0.15, 0.2) is 77.7 Å². The lowest BCUT2D eigenvalue weighted by atomic mass is 10.2. The van der Waals surface area contributed by atoms with Gasteiger partial charge < -0.3 is 10.1 Å². The molecule has 0 fully saturated rings. The van der Waals surface area contributed by atoms with Crippen LogP contribution >= 0.6 is 23.2 Å². The highest BCUT2D eigenvalue weighted by Crippen LogP contribution is 2.27. The summed E-state index contributed by atoms with van der Waals surface area (Å²) in [7, 11) is -2.35. The first-order valence-electron chi connectivity index (χ1n) is 8.98. The third kappa shape index (κ3) is 6.24. The van der Waals surface area contributed by atoms with E-state index in [1.54, 1.807) is 55.7 Å². The largest absolute Gasteiger partial charge is 0.497 e. The zero-order valence-corrected chi connectivity index (χ0v) is 18.6. The van der Waals surface area contributed by atoms with Crippen LogP contribution in [0.4, 0.5) is 11.4 Å². The second-order valence-corrected chi connectivity index (χ2v) is 8.88. The molecule has 0 spiro atoms. The molecule has 0 saturated carbocycles. The number of hydrogen-bond donors (Lipinski definition) is 2. The summed E-state index contributed by atoms with van der Waals surface area (Å²) in [6.07, 6.45) is 2.94. The molecule has 0 unspecified atom stereocenters.